The van der Waals surface area contributed by atoms with Gasteiger partial charge in [0, 0.05) is 18.0 Å². The van der Waals surface area contributed by atoms with Crippen molar-refractivity contribution in [1.82, 2.24) is 24.6 Å². The quantitative estimate of drug-likeness (QED) is 0.624. The molecule has 5 heterocycles. The van der Waals surface area contributed by atoms with Gasteiger partial charge in [-0.2, -0.15) is 0 Å². The van der Waals surface area contributed by atoms with Crippen LogP contribution < -0.4 is 5.32 Å². The normalized spacial score (nSPS) is 14.8. The topological polar surface area (TPSA) is 77.2 Å². The first kappa shape index (κ1) is 13.4. The van der Waals surface area contributed by atoms with Crippen molar-refractivity contribution in [3.63, 3.8) is 0 Å². The van der Waals surface area contributed by atoms with Crippen molar-refractivity contribution in [2.45, 2.75) is 6.04 Å². The van der Waals surface area contributed by atoms with Crippen LogP contribution in [0.5, 0.6) is 0 Å². The van der Waals surface area contributed by atoms with Gasteiger partial charge in [-0.05, 0) is 30.3 Å². The molecule has 0 spiro atoms. The fourth-order valence-electron chi connectivity index (χ4n) is 2.79. The van der Waals surface area contributed by atoms with Crippen molar-refractivity contribution in [1.29, 1.82) is 0 Å². The van der Waals surface area contributed by atoms with E-state index in [1.807, 2.05) is 47.2 Å². The first-order chi connectivity index (χ1) is 11.9. The number of rotatable bonds is 3. The van der Waals surface area contributed by atoms with Crippen LogP contribution in [-0.2, 0) is 4.74 Å². The number of ether oxygens (including phenoxy) is 1. The largest absolute Gasteiger partial charge is 0.377 e. The molecule has 4 aromatic rings. The third-order valence-corrected chi connectivity index (χ3v) is 4.12. The second-order valence-corrected chi connectivity index (χ2v) is 5.76. The number of pyridine rings is 2. The van der Waals surface area contributed by atoms with Crippen LogP contribution in [-0.4, -0.2) is 43.8 Å². The Morgan fingerprint density at radius 3 is 2.92 bits per heavy atom. The van der Waals surface area contributed by atoms with E-state index in [1.165, 1.54) is 0 Å². The molecule has 0 amide bonds. The average molecular weight is 318 g/mol. The van der Waals surface area contributed by atoms with Crippen LogP contribution in [0.15, 0.2) is 48.9 Å². The van der Waals surface area contributed by atoms with Crippen molar-refractivity contribution in [2.75, 3.05) is 18.5 Å². The lowest BCUT2D eigenvalue weighted by Crippen LogP contribution is -2.40. The summed E-state index contributed by atoms with van der Waals surface area (Å²) in [5.41, 5.74) is 4.56. The zero-order valence-electron chi connectivity index (χ0n) is 12.8. The molecule has 0 bridgehead atoms. The SMILES string of the molecule is c1cnc2ccc(-c3ccn4nc(NC5COC5)ncc34)nc2c1. The van der Waals surface area contributed by atoms with Gasteiger partial charge in [0.05, 0.1) is 47.7 Å². The third kappa shape index (κ3) is 2.17. The first-order valence-electron chi connectivity index (χ1n) is 7.78. The van der Waals surface area contributed by atoms with Gasteiger partial charge in [-0.3, -0.25) is 4.98 Å². The van der Waals surface area contributed by atoms with Crippen molar-refractivity contribution < 1.29 is 4.74 Å². The molecule has 24 heavy (non-hydrogen) atoms. The fourth-order valence-corrected chi connectivity index (χ4v) is 2.79. The lowest BCUT2D eigenvalue weighted by molar-refractivity contribution is 0.0207. The summed E-state index contributed by atoms with van der Waals surface area (Å²) >= 11 is 0. The molecule has 0 saturated carbocycles. The molecule has 1 aliphatic rings. The molecule has 1 aliphatic heterocycles. The minimum atomic E-state index is 0.298. The van der Waals surface area contributed by atoms with E-state index < -0.39 is 0 Å². The molecular weight excluding hydrogens is 304 g/mol. The molecule has 0 unspecified atom stereocenters. The molecule has 1 saturated heterocycles. The van der Waals surface area contributed by atoms with Crippen LogP contribution in [0, 0.1) is 0 Å². The van der Waals surface area contributed by atoms with Crippen molar-refractivity contribution in [2.24, 2.45) is 0 Å². The Bertz CT molecular complexity index is 1040. The van der Waals surface area contributed by atoms with Gasteiger partial charge in [-0.15, -0.1) is 5.10 Å². The molecule has 0 atom stereocenters. The van der Waals surface area contributed by atoms with Gasteiger partial charge in [-0.1, -0.05) is 0 Å². The molecule has 7 nitrogen and oxygen atoms in total. The summed E-state index contributed by atoms with van der Waals surface area (Å²) < 4.78 is 6.97. The van der Waals surface area contributed by atoms with Gasteiger partial charge >= 0.3 is 0 Å². The highest BCUT2D eigenvalue weighted by Gasteiger charge is 2.19. The maximum absolute atomic E-state index is 5.15. The second-order valence-electron chi connectivity index (χ2n) is 5.76. The summed E-state index contributed by atoms with van der Waals surface area (Å²) in [4.78, 5) is 13.4. The van der Waals surface area contributed by atoms with E-state index >= 15 is 0 Å². The molecule has 1 fully saturated rings. The van der Waals surface area contributed by atoms with E-state index in [4.69, 9.17) is 9.72 Å². The number of nitrogens with one attached hydrogen (secondary N) is 1. The van der Waals surface area contributed by atoms with E-state index in [-0.39, 0.29) is 0 Å². The number of fused-ring (bicyclic) bond motifs is 2. The van der Waals surface area contributed by atoms with Gasteiger partial charge in [0.25, 0.3) is 0 Å². The Morgan fingerprint density at radius 2 is 2.04 bits per heavy atom. The van der Waals surface area contributed by atoms with Crippen LogP contribution in [0.2, 0.25) is 0 Å². The Morgan fingerprint density at radius 1 is 1.08 bits per heavy atom. The first-order valence-corrected chi connectivity index (χ1v) is 7.78. The smallest absolute Gasteiger partial charge is 0.241 e. The summed E-state index contributed by atoms with van der Waals surface area (Å²) in [7, 11) is 0. The molecule has 118 valence electrons. The van der Waals surface area contributed by atoms with Gasteiger partial charge in [-0.25, -0.2) is 14.5 Å². The molecule has 0 aliphatic carbocycles. The molecule has 0 aromatic carbocycles. The summed E-state index contributed by atoms with van der Waals surface area (Å²) in [5.74, 6) is 0.605. The van der Waals surface area contributed by atoms with Crippen molar-refractivity contribution in [3.05, 3.63) is 48.9 Å². The monoisotopic (exact) mass is 318 g/mol. The summed E-state index contributed by atoms with van der Waals surface area (Å²) in [5, 5.41) is 7.76. The summed E-state index contributed by atoms with van der Waals surface area (Å²) in [6, 6.07) is 10.1. The highest BCUT2D eigenvalue weighted by atomic mass is 16.5. The zero-order valence-corrected chi connectivity index (χ0v) is 12.8. The number of hydrogen-bond donors (Lipinski definition) is 1. The van der Waals surface area contributed by atoms with Crippen molar-refractivity contribution in [3.8, 4) is 11.3 Å². The Kier molecular flexibility index (Phi) is 2.92. The van der Waals surface area contributed by atoms with E-state index in [2.05, 4.69) is 20.4 Å². The van der Waals surface area contributed by atoms with Crippen LogP contribution in [0.3, 0.4) is 0 Å². The van der Waals surface area contributed by atoms with Gasteiger partial charge in [0.2, 0.25) is 5.95 Å². The lowest BCUT2D eigenvalue weighted by Gasteiger charge is -2.26. The summed E-state index contributed by atoms with van der Waals surface area (Å²) in [6.45, 7) is 1.40. The molecule has 4 aromatic heterocycles. The predicted molar refractivity (Wildman–Crippen MR) is 89.7 cm³/mol. The van der Waals surface area contributed by atoms with Crippen LogP contribution >= 0.6 is 0 Å². The number of hydrogen-bond acceptors (Lipinski definition) is 6. The Labute approximate surface area is 137 Å². The van der Waals surface area contributed by atoms with Gasteiger partial charge in [0.15, 0.2) is 0 Å². The fraction of sp³-hybridized carbons (Fsp3) is 0.176. The van der Waals surface area contributed by atoms with E-state index in [9.17, 15) is 0 Å². The van der Waals surface area contributed by atoms with Gasteiger partial charge < -0.3 is 10.1 Å². The Balaban J connectivity index is 1.55. The van der Waals surface area contributed by atoms with Crippen molar-refractivity contribution >= 4 is 22.5 Å². The number of nitrogens with zero attached hydrogens (tertiary/aromatic N) is 5. The highest BCUT2D eigenvalue weighted by molar-refractivity contribution is 5.83. The van der Waals surface area contributed by atoms with Crippen LogP contribution in [0.4, 0.5) is 5.95 Å². The molecule has 0 radical (unpaired) electrons. The molecular formula is C17H14N6O. The third-order valence-electron chi connectivity index (χ3n) is 4.12. The molecule has 1 N–H and O–H groups in total. The van der Waals surface area contributed by atoms with Crippen LogP contribution in [0.1, 0.15) is 0 Å². The minimum absolute atomic E-state index is 0.298. The standard InChI is InChI=1S/C17H14N6O/c1-2-15-14(18-6-1)4-3-13(21-15)12-5-7-23-16(12)8-19-17(22-23)20-11-9-24-10-11/h1-8,11H,9-10H2,(H,20,22). The molecule has 5 rings (SSSR count). The van der Waals surface area contributed by atoms with E-state index in [0.717, 1.165) is 27.8 Å². The van der Waals surface area contributed by atoms with E-state index in [0.29, 0.717) is 25.2 Å². The van der Waals surface area contributed by atoms with Gasteiger partial charge in [0.1, 0.15) is 0 Å². The predicted octanol–water partition coefficient (Wildman–Crippen LogP) is 2.15. The maximum Gasteiger partial charge on any atom is 0.241 e. The highest BCUT2D eigenvalue weighted by Crippen LogP contribution is 2.25. The lowest BCUT2D eigenvalue weighted by atomic mass is 10.1. The molecule has 7 heteroatoms. The zero-order chi connectivity index (χ0) is 15.9. The minimum Gasteiger partial charge on any atom is -0.377 e. The number of anilines is 1. The summed E-state index contributed by atoms with van der Waals surface area (Å²) in [6.07, 6.45) is 5.51. The maximum atomic E-state index is 5.15. The Hall–Kier alpha value is -3.06. The van der Waals surface area contributed by atoms with Crippen LogP contribution in [0.25, 0.3) is 27.8 Å². The van der Waals surface area contributed by atoms with E-state index in [1.54, 1.807) is 6.20 Å². The number of aromatic nitrogens is 5. The average Bonchev–Trinajstić information content (AvgIpc) is 3.01. The second kappa shape index (κ2) is 5.24.